The summed E-state index contributed by atoms with van der Waals surface area (Å²) >= 11 is 1.04. The fourth-order valence-electron chi connectivity index (χ4n) is 3.75. The summed E-state index contributed by atoms with van der Waals surface area (Å²) in [6, 6.07) is 6.95. The van der Waals surface area contributed by atoms with Crippen LogP contribution in [0.5, 0.6) is 0 Å². The Labute approximate surface area is 154 Å². The number of thioether (sulfide) groups is 1. The summed E-state index contributed by atoms with van der Waals surface area (Å²) in [4.78, 5) is 38.0. The molecule has 1 aromatic heterocycles. The molecule has 26 heavy (non-hydrogen) atoms. The van der Waals surface area contributed by atoms with Gasteiger partial charge in [0.05, 0.1) is 18.2 Å². The molecule has 7 nitrogen and oxygen atoms in total. The minimum Gasteiger partial charge on any atom is -0.356 e. The van der Waals surface area contributed by atoms with E-state index in [-0.39, 0.29) is 41.3 Å². The number of carbonyl (C=O) groups is 3. The second kappa shape index (κ2) is 7.11. The van der Waals surface area contributed by atoms with Crippen LogP contribution in [0.25, 0.3) is 11.0 Å². The van der Waals surface area contributed by atoms with Gasteiger partial charge in [0.25, 0.3) is 5.24 Å². The fraction of sp³-hybridized carbons (Fsp3) is 0.444. The van der Waals surface area contributed by atoms with Gasteiger partial charge in [0.1, 0.15) is 5.69 Å². The van der Waals surface area contributed by atoms with E-state index in [9.17, 15) is 14.4 Å². The van der Waals surface area contributed by atoms with Crippen molar-refractivity contribution in [2.75, 3.05) is 5.75 Å². The summed E-state index contributed by atoms with van der Waals surface area (Å²) in [5, 5.41) is 7.62. The summed E-state index contributed by atoms with van der Waals surface area (Å²) in [5.41, 5.74) is 1.24. The highest BCUT2D eigenvalue weighted by Crippen LogP contribution is 2.30. The molecule has 2 aromatic rings. The van der Waals surface area contributed by atoms with Gasteiger partial charge in [0.15, 0.2) is 5.58 Å². The number of amides is 3. The van der Waals surface area contributed by atoms with Crippen LogP contribution in [-0.4, -0.2) is 44.9 Å². The largest absolute Gasteiger partial charge is 0.356 e. The number of benzene rings is 1. The number of aromatic nitrogens is 1. The first-order valence-corrected chi connectivity index (χ1v) is 9.73. The number of nitrogens with zero attached hydrogens (tertiary/aromatic N) is 2. The van der Waals surface area contributed by atoms with Crippen LogP contribution < -0.4 is 5.32 Å². The maximum absolute atomic E-state index is 12.6. The lowest BCUT2D eigenvalue weighted by Crippen LogP contribution is -2.55. The Morgan fingerprint density at radius 2 is 2.08 bits per heavy atom. The van der Waals surface area contributed by atoms with E-state index in [1.54, 1.807) is 0 Å². The predicted molar refractivity (Wildman–Crippen MR) is 96.6 cm³/mol. The van der Waals surface area contributed by atoms with Gasteiger partial charge in [-0.05, 0) is 25.0 Å². The number of hydrogen-bond acceptors (Lipinski definition) is 6. The number of carbonyl (C=O) groups excluding carboxylic acids is 3. The van der Waals surface area contributed by atoms with Gasteiger partial charge in [-0.25, -0.2) is 0 Å². The number of nitrogens with one attached hydrogen (secondary N) is 1. The van der Waals surface area contributed by atoms with E-state index in [0.717, 1.165) is 42.8 Å². The molecule has 2 fully saturated rings. The van der Waals surface area contributed by atoms with E-state index in [4.69, 9.17) is 4.52 Å². The van der Waals surface area contributed by atoms with Crippen LogP contribution in [0.2, 0.25) is 0 Å². The van der Waals surface area contributed by atoms with E-state index in [2.05, 4.69) is 10.5 Å². The van der Waals surface area contributed by atoms with Gasteiger partial charge in [0, 0.05) is 11.4 Å². The molecular formula is C18H19N3O4S. The monoisotopic (exact) mass is 373 g/mol. The SMILES string of the molecule is O=C(Cc1noc2ccccc12)N[C@H]1CCCC[C@H]1N1C(=O)CSC1=O. The molecule has 0 radical (unpaired) electrons. The Morgan fingerprint density at radius 1 is 1.27 bits per heavy atom. The highest BCUT2D eigenvalue weighted by molar-refractivity contribution is 8.14. The van der Waals surface area contributed by atoms with Crippen LogP contribution in [-0.2, 0) is 16.0 Å². The molecule has 2 heterocycles. The summed E-state index contributed by atoms with van der Waals surface area (Å²) in [5.74, 6) is -0.137. The van der Waals surface area contributed by atoms with Crippen molar-refractivity contribution in [1.29, 1.82) is 0 Å². The molecule has 2 atom stereocenters. The first-order chi connectivity index (χ1) is 12.6. The first-order valence-electron chi connectivity index (χ1n) is 8.75. The van der Waals surface area contributed by atoms with Crippen molar-refractivity contribution in [3.63, 3.8) is 0 Å². The van der Waals surface area contributed by atoms with Gasteiger partial charge < -0.3 is 9.84 Å². The van der Waals surface area contributed by atoms with Crippen molar-refractivity contribution in [2.24, 2.45) is 0 Å². The second-order valence-electron chi connectivity index (χ2n) is 6.65. The topological polar surface area (TPSA) is 92.5 Å². The van der Waals surface area contributed by atoms with Crippen LogP contribution >= 0.6 is 11.8 Å². The molecule has 1 saturated carbocycles. The second-order valence-corrected chi connectivity index (χ2v) is 7.57. The quantitative estimate of drug-likeness (QED) is 0.885. The van der Waals surface area contributed by atoms with Crippen molar-refractivity contribution in [3.05, 3.63) is 30.0 Å². The molecular weight excluding hydrogens is 354 g/mol. The summed E-state index contributed by atoms with van der Waals surface area (Å²) in [6.07, 6.45) is 3.52. The minimum atomic E-state index is -0.253. The number of rotatable bonds is 4. The molecule has 1 aromatic carbocycles. The lowest BCUT2D eigenvalue weighted by molar-refractivity contribution is -0.129. The molecule has 136 valence electrons. The van der Waals surface area contributed by atoms with Gasteiger partial charge in [-0.15, -0.1) is 0 Å². The highest BCUT2D eigenvalue weighted by atomic mass is 32.2. The molecule has 1 aliphatic heterocycles. The fourth-order valence-corrected chi connectivity index (χ4v) is 4.51. The predicted octanol–water partition coefficient (Wildman–Crippen LogP) is 2.49. The van der Waals surface area contributed by atoms with Gasteiger partial charge in [0.2, 0.25) is 11.8 Å². The Morgan fingerprint density at radius 3 is 2.88 bits per heavy atom. The van der Waals surface area contributed by atoms with Crippen LogP contribution in [0.1, 0.15) is 31.4 Å². The molecule has 1 aliphatic carbocycles. The number of para-hydroxylation sites is 1. The Bertz CT molecular complexity index is 849. The third-order valence-electron chi connectivity index (χ3n) is 4.97. The van der Waals surface area contributed by atoms with Gasteiger partial charge >= 0.3 is 0 Å². The number of imide groups is 1. The zero-order valence-corrected chi connectivity index (χ0v) is 15.0. The Kier molecular flexibility index (Phi) is 4.67. The Hall–Kier alpha value is -2.35. The van der Waals surface area contributed by atoms with Gasteiger partial charge in [-0.2, -0.15) is 0 Å². The molecule has 8 heteroatoms. The van der Waals surface area contributed by atoms with E-state index in [1.807, 2.05) is 24.3 Å². The molecule has 1 N–H and O–H groups in total. The normalized spacial score (nSPS) is 23.6. The zero-order chi connectivity index (χ0) is 18.1. The maximum atomic E-state index is 12.6. The third-order valence-corrected chi connectivity index (χ3v) is 5.81. The summed E-state index contributed by atoms with van der Waals surface area (Å²) in [7, 11) is 0. The molecule has 4 rings (SSSR count). The van der Waals surface area contributed by atoms with Crippen molar-refractivity contribution in [2.45, 2.75) is 44.2 Å². The number of fused-ring (bicyclic) bond motifs is 1. The third kappa shape index (κ3) is 3.21. The first kappa shape index (κ1) is 17.1. The van der Waals surface area contributed by atoms with Gasteiger partial charge in [-0.1, -0.05) is 41.9 Å². The average Bonchev–Trinajstić information content (AvgIpc) is 3.19. The van der Waals surface area contributed by atoms with Crippen LogP contribution in [0.15, 0.2) is 28.8 Å². The van der Waals surface area contributed by atoms with Crippen LogP contribution in [0, 0.1) is 0 Å². The van der Waals surface area contributed by atoms with Crippen molar-refractivity contribution in [1.82, 2.24) is 15.4 Å². The van der Waals surface area contributed by atoms with E-state index < -0.39 is 0 Å². The maximum Gasteiger partial charge on any atom is 0.289 e. The van der Waals surface area contributed by atoms with Gasteiger partial charge in [-0.3, -0.25) is 19.3 Å². The average molecular weight is 373 g/mol. The summed E-state index contributed by atoms with van der Waals surface area (Å²) in [6.45, 7) is 0. The molecule has 0 bridgehead atoms. The van der Waals surface area contributed by atoms with Crippen molar-refractivity contribution >= 4 is 39.8 Å². The zero-order valence-electron chi connectivity index (χ0n) is 14.1. The minimum absolute atomic E-state index is 0.108. The molecule has 2 aliphatic rings. The lowest BCUT2D eigenvalue weighted by Gasteiger charge is -2.36. The summed E-state index contributed by atoms with van der Waals surface area (Å²) < 4.78 is 5.24. The number of hydrogen-bond donors (Lipinski definition) is 1. The smallest absolute Gasteiger partial charge is 0.289 e. The van der Waals surface area contributed by atoms with Crippen LogP contribution in [0.4, 0.5) is 4.79 Å². The molecule has 0 unspecified atom stereocenters. The van der Waals surface area contributed by atoms with Crippen LogP contribution in [0.3, 0.4) is 0 Å². The molecule has 0 spiro atoms. The highest BCUT2D eigenvalue weighted by Gasteiger charge is 2.41. The van der Waals surface area contributed by atoms with Crippen molar-refractivity contribution < 1.29 is 18.9 Å². The Balaban J connectivity index is 1.47. The standard InChI is InChI=1S/C18H19N3O4S/c22-16(9-13-11-5-1-4-8-15(11)25-20-13)19-12-6-2-3-7-14(12)21-17(23)10-26-18(21)24/h1,4-5,8,12,14H,2-3,6-7,9-10H2,(H,19,22)/t12-,14+/m0/s1. The molecule has 1 saturated heterocycles. The van der Waals surface area contributed by atoms with Crippen molar-refractivity contribution in [3.8, 4) is 0 Å². The lowest BCUT2D eigenvalue weighted by atomic mass is 9.89. The molecule has 3 amide bonds. The van der Waals surface area contributed by atoms with E-state index in [1.165, 1.54) is 4.90 Å². The van der Waals surface area contributed by atoms with E-state index >= 15 is 0 Å². The van der Waals surface area contributed by atoms with E-state index in [0.29, 0.717) is 11.3 Å².